The zero-order valence-electron chi connectivity index (χ0n) is 18.1. The molecule has 0 aliphatic heterocycles. The zero-order valence-corrected chi connectivity index (χ0v) is 19.0. The summed E-state index contributed by atoms with van der Waals surface area (Å²) < 4.78 is 16.7. The van der Waals surface area contributed by atoms with E-state index in [1.54, 1.807) is 37.7 Å². The van der Waals surface area contributed by atoms with Gasteiger partial charge in [-0.2, -0.15) is 0 Å². The molecule has 2 N–H and O–H groups in total. The Bertz CT molecular complexity index is 1190. The van der Waals surface area contributed by atoms with Gasteiger partial charge >= 0.3 is 0 Å². The number of nitrogens with zero attached hydrogens (tertiary/aromatic N) is 2. The van der Waals surface area contributed by atoms with Crippen molar-refractivity contribution in [3.05, 3.63) is 81.5 Å². The van der Waals surface area contributed by atoms with Crippen LogP contribution in [0.5, 0.6) is 0 Å². The van der Waals surface area contributed by atoms with Crippen molar-refractivity contribution < 1.29 is 14.0 Å². The van der Waals surface area contributed by atoms with Crippen LogP contribution in [0.4, 0.5) is 10.1 Å². The number of amides is 2. The Kier molecular flexibility index (Phi) is 7.53. The Morgan fingerprint density at radius 3 is 2.41 bits per heavy atom. The maximum Gasteiger partial charge on any atom is 0.295 e. The molecule has 0 aliphatic rings. The topological polar surface area (TPSA) is 85.1 Å². The SMILES string of the molecule is Cc1ccc(CNC(=O)CSCC(=O)Nc2c(C)n(C)n(-c3ccccc3)c2=O)cc1F. The molecule has 0 saturated heterocycles. The summed E-state index contributed by atoms with van der Waals surface area (Å²) in [7, 11) is 1.75. The summed E-state index contributed by atoms with van der Waals surface area (Å²) in [4.78, 5) is 37.2. The number of aromatic nitrogens is 2. The number of benzene rings is 2. The van der Waals surface area contributed by atoms with Crippen molar-refractivity contribution in [2.24, 2.45) is 7.05 Å². The van der Waals surface area contributed by atoms with Crippen LogP contribution in [-0.4, -0.2) is 32.7 Å². The highest BCUT2D eigenvalue weighted by Gasteiger charge is 2.18. The molecule has 3 aromatic rings. The first-order valence-electron chi connectivity index (χ1n) is 10.0. The lowest BCUT2D eigenvalue weighted by molar-refractivity contribution is -0.118. The number of rotatable bonds is 8. The molecule has 2 aromatic carbocycles. The first-order valence-corrected chi connectivity index (χ1v) is 11.2. The summed E-state index contributed by atoms with van der Waals surface area (Å²) in [5.41, 5.74) is 2.43. The van der Waals surface area contributed by atoms with Crippen LogP contribution in [0, 0.1) is 19.7 Å². The lowest BCUT2D eigenvalue weighted by atomic mass is 10.1. The van der Waals surface area contributed by atoms with Gasteiger partial charge in [-0.15, -0.1) is 11.8 Å². The van der Waals surface area contributed by atoms with Crippen molar-refractivity contribution in [1.29, 1.82) is 0 Å². The predicted octanol–water partition coefficient (Wildman–Crippen LogP) is 2.92. The average Bonchev–Trinajstić information content (AvgIpc) is 2.98. The van der Waals surface area contributed by atoms with E-state index in [2.05, 4.69) is 10.6 Å². The first-order chi connectivity index (χ1) is 15.3. The highest BCUT2D eigenvalue weighted by Crippen LogP contribution is 2.14. The number of carbonyl (C=O) groups excluding carboxylic acids is 2. The van der Waals surface area contributed by atoms with Gasteiger partial charge in [0, 0.05) is 13.6 Å². The number of carbonyl (C=O) groups is 2. The molecule has 1 aromatic heterocycles. The maximum absolute atomic E-state index is 13.6. The van der Waals surface area contributed by atoms with Gasteiger partial charge in [0.2, 0.25) is 11.8 Å². The third-order valence-corrected chi connectivity index (χ3v) is 5.94. The van der Waals surface area contributed by atoms with Crippen LogP contribution in [-0.2, 0) is 23.2 Å². The third-order valence-electron chi connectivity index (χ3n) is 5.01. The molecule has 3 rings (SSSR count). The zero-order chi connectivity index (χ0) is 23.3. The fourth-order valence-electron chi connectivity index (χ4n) is 3.12. The molecule has 0 aliphatic carbocycles. The van der Waals surface area contributed by atoms with Crippen molar-refractivity contribution in [2.75, 3.05) is 16.8 Å². The summed E-state index contributed by atoms with van der Waals surface area (Å²) in [6.45, 7) is 3.64. The Hall–Kier alpha value is -3.33. The van der Waals surface area contributed by atoms with E-state index in [0.717, 1.165) is 11.8 Å². The summed E-state index contributed by atoms with van der Waals surface area (Å²) in [5.74, 6) is -0.846. The molecule has 0 bridgehead atoms. The molecular weight excluding hydrogens is 431 g/mol. The van der Waals surface area contributed by atoms with Gasteiger partial charge in [-0.05, 0) is 43.2 Å². The van der Waals surface area contributed by atoms with Crippen molar-refractivity contribution in [3.8, 4) is 5.69 Å². The minimum atomic E-state index is -0.366. The molecule has 0 atom stereocenters. The minimum absolute atomic E-state index is 0.0195. The molecule has 0 fully saturated rings. The van der Waals surface area contributed by atoms with Crippen LogP contribution >= 0.6 is 11.8 Å². The van der Waals surface area contributed by atoms with Gasteiger partial charge < -0.3 is 10.6 Å². The molecule has 0 saturated carbocycles. The molecule has 0 unspecified atom stereocenters. The van der Waals surface area contributed by atoms with Gasteiger partial charge in [-0.1, -0.05) is 30.3 Å². The van der Waals surface area contributed by atoms with Crippen LogP contribution in [0.2, 0.25) is 0 Å². The number of thioether (sulfide) groups is 1. The summed E-state index contributed by atoms with van der Waals surface area (Å²) >= 11 is 1.13. The van der Waals surface area contributed by atoms with Gasteiger partial charge in [0.05, 0.1) is 22.9 Å². The molecule has 168 valence electrons. The predicted molar refractivity (Wildman–Crippen MR) is 125 cm³/mol. The number of para-hydroxylation sites is 1. The van der Waals surface area contributed by atoms with Gasteiger partial charge in [-0.3, -0.25) is 19.1 Å². The molecule has 1 heterocycles. The van der Waals surface area contributed by atoms with Crippen molar-refractivity contribution >= 4 is 29.3 Å². The van der Waals surface area contributed by atoms with Gasteiger partial charge in [0.25, 0.3) is 5.56 Å². The first kappa shape index (κ1) is 23.3. The Labute approximate surface area is 189 Å². The highest BCUT2D eigenvalue weighted by atomic mass is 32.2. The second kappa shape index (κ2) is 10.3. The fraction of sp³-hybridized carbons (Fsp3) is 0.261. The van der Waals surface area contributed by atoms with Crippen LogP contribution in [0.25, 0.3) is 5.69 Å². The van der Waals surface area contributed by atoms with Crippen LogP contribution in [0.15, 0.2) is 53.3 Å². The van der Waals surface area contributed by atoms with E-state index >= 15 is 0 Å². The molecular formula is C23H25FN4O3S. The number of halogens is 1. The van der Waals surface area contributed by atoms with E-state index in [-0.39, 0.29) is 46.9 Å². The van der Waals surface area contributed by atoms with Crippen LogP contribution in [0.1, 0.15) is 16.8 Å². The second-order valence-electron chi connectivity index (χ2n) is 7.34. The Morgan fingerprint density at radius 1 is 1.03 bits per heavy atom. The lowest BCUT2D eigenvalue weighted by Crippen LogP contribution is -2.26. The van der Waals surface area contributed by atoms with Gasteiger partial charge in [0.1, 0.15) is 11.5 Å². The number of aryl methyl sites for hydroxylation is 1. The number of anilines is 1. The Balaban J connectivity index is 1.51. The fourth-order valence-corrected chi connectivity index (χ4v) is 3.77. The van der Waals surface area contributed by atoms with E-state index in [9.17, 15) is 18.8 Å². The van der Waals surface area contributed by atoms with Crippen LogP contribution in [0.3, 0.4) is 0 Å². The van der Waals surface area contributed by atoms with Crippen molar-refractivity contribution in [2.45, 2.75) is 20.4 Å². The smallest absolute Gasteiger partial charge is 0.295 e. The highest BCUT2D eigenvalue weighted by molar-refractivity contribution is 8.00. The third kappa shape index (κ3) is 5.47. The summed E-state index contributed by atoms with van der Waals surface area (Å²) in [6, 6.07) is 14.0. The molecule has 32 heavy (non-hydrogen) atoms. The van der Waals surface area contributed by atoms with E-state index in [1.807, 2.05) is 30.3 Å². The summed E-state index contributed by atoms with van der Waals surface area (Å²) in [6.07, 6.45) is 0. The monoisotopic (exact) mass is 456 g/mol. The number of hydrogen-bond acceptors (Lipinski definition) is 4. The molecule has 2 amide bonds. The number of nitrogens with one attached hydrogen (secondary N) is 2. The molecule has 9 heteroatoms. The van der Waals surface area contributed by atoms with E-state index < -0.39 is 0 Å². The lowest BCUT2D eigenvalue weighted by Gasteiger charge is -2.07. The van der Waals surface area contributed by atoms with Crippen molar-refractivity contribution in [1.82, 2.24) is 14.7 Å². The standard InChI is InChI=1S/C23H25FN4O3S/c1-15-9-10-17(11-19(15)24)12-25-20(29)13-32-14-21(30)26-22-16(2)27(3)28(23(22)31)18-7-5-4-6-8-18/h4-11H,12-14H2,1-3H3,(H,25,29)(H,26,30). The molecule has 7 nitrogen and oxygen atoms in total. The van der Waals surface area contributed by atoms with Gasteiger partial charge in [-0.25, -0.2) is 9.07 Å². The minimum Gasteiger partial charge on any atom is -0.351 e. The summed E-state index contributed by atoms with van der Waals surface area (Å²) in [5, 5.41) is 5.37. The quantitative estimate of drug-likeness (QED) is 0.546. The molecule has 0 radical (unpaired) electrons. The van der Waals surface area contributed by atoms with E-state index in [0.29, 0.717) is 22.5 Å². The molecule has 0 spiro atoms. The largest absolute Gasteiger partial charge is 0.351 e. The van der Waals surface area contributed by atoms with Gasteiger partial charge in [0.15, 0.2) is 0 Å². The maximum atomic E-state index is 13.6. The normalized spacial score (nSPS) is 10.8. The van der Waals surface area contributed by atoms with Crippen molar-refractivity contribution in [3.63, 3.8) is 0 Å². The number of hydrogen-bond donors (Lipinski definition) is 2. The van der Waals surface area contributed by atoms with Crippen LogP contribution < -0.4 is 16.2 Å². The van der Waals surface area contributed by atoms with E-state index in [4.69, 9.17) is 0 Å². The average molecular weight is 457 g/mol. The Morgan fingerprint density at radius 2 is 1.72 bits per heavy atom. The second-order valence-corrected chi connectivity index (χ2v) is 8.32. The van der Waals surface area contributed by atoms with E-state index in [1.165, 1.54) is 10.7 Å².